The smallest absolute Gasteiger partial charge is 0.404 e. The van der Waals surface area contributed by atoms with E-state index in [-0.39, 0.29) is 6.54 Å². The summed E-state index contributed by atoms with van der Waals surface area (Å²) in [5.74, 6) is -2.32. The second-order valence-corrected chi connectivity index (χ2v) is 12.3. The van der Waals surface area contributed by atoms with Crippen molar-refractivity contribution in [3.63, 3.8) is 0 Å². The van der Waals surface area contributed by atoms with Crippen LogP contribution in [0.5, 0.6) is 0 Å². The van der Waals surface area contributed by atoms with Crippen LogP contribution in [0.2, 0.25) is 0 Å². The van der Waals surface area contributed by atoms with Crippen molar-refractivity contribution in [1.82, 2.24) is 26.1 Å². The maximum Gasteiger partial charge on any atom is 0.404 e. The fourth-order valence-electron chi connectivity index (χ4n) is 5.40. The number of carbonyl (C=O) groups excluding carboxylic acids is 3. The van der Waals surface area contributed by atoms with Gasteiger partial charge in [0.15, 0.2) is 0 Å². The zero-order chi connectivity index (χ0) is 31.7. The average molecular weight is 604 g/mol. The number of nitrogens with one attached hydrogen (secondary N) is 3. The molecule has 5 atom stereocenters. The topological polar surface area (TPSA) is 113 Å². The number of alkyl halides is 3. The number of ether oxygens (including phenoxy) is 1. The number of cyclic esters (lactones) is 1. The van der Waals surface area contributed by atoms with E-state index in [0.29, 0.717) is 29.6 Å². The SMILES string of the molecule is CC1NC(=O)C(C(C)C)NC(C(F)(F)F)C(C)(C)/C=C/c2ccc3ccc(nc3c2)[C@@H](C)OC(=O)C2CCCN(N2)C1=O. The highest BCUT2D eigenvalue weighted by Crippen LogP contribution is 2.36. The summed E-state index contributed by atoms with van der Waals surface area (Å²) in [6, 6.07) is 3.79. The standard InChI is InChI=1S/C31H40F3N5O4/c1-17(2)25-26(40)35-18(3)27(41)39-15-7-8-23(38-39)28(42)43-19(4)22-12-11-21-10-9-20(16-24(21)36-22)13-14-30(5,6)29(37-25)31(32,33)34/h9-14,16-19,23,25,29,37-38H,7-8,15H2,1-6H3,(H,35,40)/b14-13+/t18?,19-,23?,25?,29?/m1/s1. The van der Waals surface area contributed by atoms with Crippen molar-refractivity contribution < 1.29 is 32.3 Å². The van der Waals surface area contributed by atoms with Gasteiger partial charge in [-0.15, -0.1) is 0 Å². The van der Waals surface area contributed by atoms with Crippen molar-refractivity contribution >= 4 is 34.8 Å². The van der Waals surface area contributed by atoms with Crippen molar-refractivity contribution in [3.8, 4) is 0 Å². The lowest BCUT2D eigenvalue weighted by molar-refractivity contribution is -0.177. The summed E-state index contributed by atoms with van der Waals surface area (Å²) in [7, 11) is 0. The summed E-state index contributed by atoms with van der Waals surface area (Å²) in [6.07, 6.45) is -1.36. The summed E-state index contributed by atoms with van der Waals surface area (Å²) in [6.45, 7) is 9.64. The number of rotatable bonds is 1. The molecular formula is C31H40F3N5O4. The first-order valence-electron chi connectivity index (χ1n) is 14.6. The highest BCUT2D eigenvalue weighted by molar-refractivity contribution is 5.90. The number of esters is 1. The Hall–Kier alpha value is -3.51. The number of fused-ring (bicyclic) bond motifs is 4. The van der Waals surface area contributed by atoms with E-state index in [0.717, 1.165) is 5.39 Å². The van der Waals surface area contributed by atoms with Crippen molar-refractivity contribution in [2.75, 3.05) is 6.54 Å². The fraction of sp³-hybridized carbons (Fsp3) is 0.548. The fourth-order valence-corrected chi connectivity index (χ4v) is 5.40. The molecule has 12 heteroatoms. The van der Waals surface area contributed by atoms with E-state index in [1.807, 2.05) is 12.1 Å². The third kappa shape index (κ3) is 7.53. The van der Waals surface area contributed by atoms with Gasteiger partial charge in [-0.05, 0) is 50.3 Å². The van der Waals surface area contributed by atoms with Crippen molar-refractivity contribution in [2.24, 2.45) is 11.3 Å². The Morgan fingerprint density at radius 2 is 1.79 bits per heavy atom. The monoisotopic (exact) mass is 603 g/mol. The van der Waals surface area contributed by atoms with Crippen LogP contribution in [-0.4, -0.2) is 64.7 Å². The number of aromatic nitrogens is 1. The van der Waals surface area contributed by atoms with Crippen LogP contribution in [-0.2, 0) is 19.1 Å². The van der Waals surface area contributed by atoms with Gasteiger partial charge >= 0.3 is 12.1 Å². The van der Waals surface area contributed by atoms with E-state index in [1.165, 1.54) is 31.9 Å². The van der Waals surface area contributed by atoms with Crippen LogP contribution in [0, 0.1) is 11.3 Å². The Morgan fingerprint density at radius 3 is 2.47 bits per heavy atom. The number of hydrazine groups is 1. The molecule has 1 aromatic carbocycles. The second-order valence-electron chi connectivity index (χ2n) is 12.3. The maximum atomic E-state index is 14.5. The molecule has 5 bridgehead atoms. The van der Waals surface area contributed by atoms with Crippen LogP contribution in [0.15, 0.2) is 36.4 Å². The zero-order valence-corrected chi connectivity index (χ0v) is 25.3. The molecule has 9 nitrogen and oxygen atoms in total. The summed E-state index contributed by atoms with van der Waals surface area (Å²) in [5, 5.41) is 7.21. The molecule has 1 fully saturated rings. The molecular weight excluding hydrogens is 563 g/mol. The van der Waals surface area contributed by atoms with Crippen LogP contribution in [0.4, 0.5) is 13.2 Å². The van der Waals surface area contributed by atoms with E-state index < -0.39 is 65.6 Å². The number of nitrogens with zero attached hydrogens (tertiary/aromatic N) is 2. The predicted octanol–water partition coefficient (Wildman–Crippen LogP) is 4.44. The third-order valence-electron chi connectivity index (χ3n) is 7.99. The minimum absolute atomic E-state index is 0.287. The normalized spacial score (nSPS) is 28.5. The van der Waals surface area contributed by atoms with E-state index in [2.05, 4.69) is 21.0 Å². The highest BCUT2D eigenvalue weighted by atomic mass is 19.4. The van der Waals surface area contributed by atoms with Gasteiger partial charge in [-0.3, -0.25) is 24.7 Å². The molecule has 0 aliphatic carbocycles. The first-order valence-corrected chi connectivity index (χ1v) is 14.6. The van der Waals surface area contributed by atoms with Crippen molar-refractivity contribution in [1.29, 1.82) is 0 Å². The third-order valence-corrected chi connectivity index (χ3v) is 7.99. The molecule has 0 saturated carbocycles. The largest absolute Gasteiger partial charge is 0.455 e. The molecule has 3 heterocycles. The Balaban J connectivity index is 1.76. The minimum atomic E-state index is -4.69. The van der Waals surface area contributed by atoms with Gasteiger partial charge in [0.2, 0.25) is 5.91 Å². The van der Waals surface area contributed by atoms with Gasteiger partial charge in [-0.1, -0.05) is 58.0 Å². The molecule has 2 aliphatic heterocycles. The number of hydrogen-bond acceptors (Lipinski definition) is 7. The molecule has 0 spiro atoms. The van der Waals surface area contributed by atoms with Gasteiger partial charge in [0.05, 0.1) is 17.3 Å². The number of amides is 2. The van der Waals surface area contributed by atoms with Gasteiger partial charge in [-0.25, -0.2) is 10.4 Å². The molecule has 2 amide bonds. The highest BCUT2D eigenvalue weighted by Gasteiger charge is 2.50. The maximum absolute atomic E-state index is 14.5. The quantitative estimate of drug-likeness (QED) is 0.414. The lowest BCUT2D eigenvalue weighted by Gasteiger charge is -2.38. The molecule has 2 aliphatic rings. The Bertz CT molecular complexity index is 1390. The zero-order valence-electron chi connectivity index (χ0n) is 25.3. The minimum Gasteiger partial charge on any atom is -0.455 e. The average Bonchev–Trinajstić information content (AvgIpc) is 2.93. The Labute approximate surface area is 249 Å². The van der Waals surface area contributed by atoms with Crippen molar-refractivity contribution in [3.05, 3.63) is 47.7 Å². The second kappa shape index (κ2) is 12.6. The van der Waals surface area contributed by atoms with Crippen LogP contribution in [0.25, 0.3) is 17.0 Å². The van der Waals surface area contributed by atoms with Gasteiger partial charge in [0.1, 0.15) is 24.2 Å². The Kier molecular flexibility index (Phi) is 9.51. The first kappa shape index (κ1) is 32.4. The van der Waals surface area contributed by atoms with Crippen LogP contribution < -0.4 is 16.1 Å². The van der Waals surface area contributed by atoms with Crippen LogP contribution in [0.1, 0.15) is 71.7 Å². The molecule has 43 heavy (non-hydrogen) atoms. The summed E-state index contributed by atoms with van der Waals surface area (Å²) in [5.41, 5.74) is 3.17. The number of pyridine rings is 1. The number of hydrogen-bond donors (Lipinski definition) is 3. The molecule has 1 aromatic heterocycles. The lowest BCUT2D eigenvalue weighted by Crippen LogP contribution is -2.63. The van der Waals surface area contributed by atoms with Crippen LogP contribution >= 0.6 is 0 Å². The number of carbonyl (C=O) groups is 3. The predicted molar refractivity (Wildman–Crippen MR) is 156 cm³/mol. The van der Waals surface area contributed by atoms with E-state index in [4.69, 9.17) is 4.74 Å². The lowest BCUT2D eigenvalue weighted by atomic mass is 9.82. The van der Waals surface area contributed by atoms with Gasteiger partial charge in [-0.2, -0.15) is 13.2 Å². The molecule has 0 radical (unpaired) electrons. The number of benzene rings is 1. The van der Waals surface area contributed by atoms with Gasteiger partial charge in [0.25, 0.3) is 5.91 Å². The summed E-state index contributed by atoms with van der Waals surface area (Å²) >= 11 is 0. The van der Waals surface area contributed by atoms with Crippen molar-refractivity contribution in [2.45, 2.75) is 90.8 Å². The van der Waals surface area contributed by atoms with Gasteiger partial charge < -0.3 is 10.1 Å². The summed E-state index contributed by atoms with van der Waals surface area (Å²) < 4.78 is 49.3. The van der Waals surface area contributed by atoms with Gasteiger partial charge in [0, 0.05) is 17.3 Å². The molecule has 4 rings (SSSR count). The van der Waals surface area contributed by atoms with E-state index in [9.17, 15) is 27.6 Å². The van der Waals surface area contributed by atoms with Crippen LogP contribution in [0.3, 0.4) is 0 Å². The molecule has 234 valence electrons. The molecule has 3 N–H and O–H groups in total. The first-order chi connectivity index (χ1) is 20.1. The molecule has 4 unspecified atom stereocenters. The molecule has 2 aromatic rings. The Morgan fingerprint density at radius 1 is 1.09 bits per heavy atom. The van der Waals surface area contributed by atoms with E-state index in [1.54, 1.807) is 45.0 Å². The number of halogens is 3. The summed E-state index contributed by atoms with van der Waals surface area (Å²) in [4.78, 5) is 44.3. The molecule has 1 saturated heterocycles. The van der Waals surface area contributed by atoms with E-state index >= 15 is 0 Å².